The van der Waals surface area contributed by atoms with Gasteiger partial charge < -0.3 is 0 Å². The largest absolute Gasteiger partial charge is 0.460 e. The molecule has 0 bridgehead atoms. The van der Waals surface area contributed by atoms with Crippen LogP contribution in [0, 0.1) is 5.92 Å². The van der Waals surface area contributed by atoms with Crippen molar-refractivity contribution in [2.75, 3.05) is 0 Å². The van der Waals surface area contributed by atoms with E-state index in [9.17, 15) is 44.3 Å². The first-order valence-corrected chi connectivity index (χ1v) is 6.97. The highest BCUT2D eigenvalue weighted by Crippen LogP contribution is 2.54. The van der Waals surface area contributed by atoms with Crippen molar-refractivity contribution in [2.24, 2.45) is 5.92 Å². The van der Waals surface area contributed by atoms with Gasteiger partial charge in [0.1, 0.15) is 5.78 Å². The Labute approximate surface area is 126 Å². The standard InChI is InChI=1S/C13H15F9O/c14-10(15,11(16,17)12(18,19)13(20,21)22)7-6-9(23)8-4-2-1-3-5-8/h8H,1-7H2. The lowest BCUT2D eigenvalue weighted by molar-refractivity contribution is -0.396. The smallest absolute Gasteiger partial charge is 0.299 e. The van der Waals surface area contributed by atoms with Crippen molar-refractivity contribution < 1.29 is 44.3 Å². The molecule has 0 spiro atoms. The van der Waals surface area contributed by atoms with Gasteiger partial charge in [-0.3, -0.25) is 4.79 Å². The summed E-state index contributed by atoms with van der Waals surface area (Å²) in [4.78, 5) is 11.6. The molecule has 0 aromatic carbocycles. The van der Waals surface area contributed by atoms with Gasteiger partial charge in [-0.05, 0) is 12.8 Å². The first-order chi connectivity index (χ1) is 10.2. The minimum atomic E-state index is -6.89. The van der Waals surface area contributed by atoms with E-state index >= 15 is 0 Å². The number of Topliss-reactive ketones (excluding diaryl/α,β-unsaturated/α-hetero) is 1. The van der Waals surface area contributed by atoms with E-state index in [1.165, 1.54) is 0 Å². The van der Waals surface area contributed by atoms with E-state index in [2.05, 4.69) is 0 Å². The van der Waals surface area contributed by atoms with Gasteiger partial charge in [0.05, 0.1) is 0 Å². The van der Waals surface area contributed by atoms with Gasteiger partial charge in [-0.25, -0.2) is 0 Å². The normalized spacial score (nSPS) is 19.0. The van der Waals surface area contributed by atoms with Gasteiger partial charge in [-0.15, -0.1) is 0 Å². The molecule has 0 amide bonds. The number of ketones is 1. The van der Waals surface area contributed by atoms with Crippen molar-refractivity contribution in [1.29, 1.82) is 0 Å². The molecule has 0 unspecified atom stereocenters. The van der Waals surface area contributed by atoms with Crippen LogP contribution in [0.15, 0.2) is 0 Å². The topological polar surface area (TPSA) is 17.1 Å². The highest BCUT2D eigenvalue weighted by molar-refractivity contribution is 5.81. The highest BCUT2D eigenvalue weighted by atomic mass is 19.4. The summed E-state index contributed by atoms with van der Waals surface area (Å²) in [7, 11) is 0. The molecule has 23 heavy (non-hydrogen) atoms. The minimum absolute atomic E-state index is 0.375. The molecule has 1 aliphatic carbocycles. The van der Waals surface area contributed by atoms with Crippen LogP contribution in [0.2, 0.25) is 0 Å². The molecule has 0 aromatic heterocycles. The molecule has 136 valence electrons. The quantitative estimate of drug-likeness (QED) is 0.583. The van der Waals surface area contributed by atoms with E-state index in [4.69, 9.17) is 0 Å². The summed E-state index contributed by atoms with van der Waals surface area (Å²) in [6.45, 7) is 0. The van der Waals surface area contributed by atoms with Gasteiger partial charge in [-0.2, -0.15) is 39.5 Å². The van der Waals surface area contributed by atoms with Gasteiger partial charge in [0, 0.05) is 18.8 Å². The molecule has 0 N–H and O–H groups in total. The van der Waals surface area contributed by atoms with Gasteiger partial charge >= 0.3 is 23.9 Å². The van der Waals surface area contributed by atoms with Crippen molar-refractivity contribution >= 4 is 5.78 Å². The van der Waals surface area contributed by atoms with Crippen LogP contribution in [-0.4, -0.2) is 29.7 Å². The third kappa shape index (κ3) is 3.93. The Morgan fingerprint density at radius 2 is 1.26 bits per heavy atom. The first-order valence-electron chi connectivity index (χ1n) is 6.97. The lowest BCUT2D eigenvalue weighted by atomic mass is 9.84. The van der Waals surface area contributed by atoms with Crippen LogP contribution in [0.4, 0.5) is 39.5 Å². The fourth-order valence-electron chi connectivity index (χ4n) is 2.47. The van der Waals surface area contributed by atoms with Crippen molar-refractivity contribution in [3.63, 3.8) is 0 Å². The zero-order valence-corrected chi connectivity index (χ0v) is 11.8. The Balaban J connectivity index is 2.79. The lowest BCUT2D eigenvalue weighted by Gasteiger charge is -2.33. The molecule has 1 rings (SSSR count). The van der Waals surface area contributed by atoms with Crippen molar-refractivity contribution in [3.8, 4) is 0 Å². The van der Waals surface area contributed by atoms with E-state index in [0.717, 1.165) is 6.42 Å². The maximum absolute atomic E-state index is 13.3. The number of carbonyl (C=O) groups excluding carboxylic acids is 1. The molecular formula is C13H15F9O. The molecule has 0 heterocycles. The Morgan fingerprint density at radius 3 is 1.70 bits per heavy atom. The van der Waals surface area contributed by atoms with E-state index in [1.54, 1.807) is 0 Å². The van der Waals surface area contributed by atoms with Gasteiger partial charge in [0.15, 0.2) is 0 Å². The average Bonchev–Trinajstić information content (AvgIpc) is 2.44. The van der Waals surface area contributed by atoms with Crippen LogP contribution >= 0.6 is 0 Å². The summed E-state index contributed by atoms with van der Waals surface area (Å²) >= 11 is 0. The molecule has 1 aliphatic rings. The number of carbonyl (C=O) groups is 1. The molecule has 0 saturated heterocycles. The summed E-state index contributed by atoms with van der Waals surface area (Å²) in [6, 6.07) is 0. The fraction of sp³-hybridized carbons (Fsp3) is 0.923. The number of hydrogen-bond acceptors (Lipinski definition) is 1. The summed E-state index contributed by atoms with van der Waals surface area (Å²) in [6.07, 6.45) is -7.17. The molecule has 1 fully saturated rings. The van der Waals surface area contributed by atoms with Crippen LogP contribution in [0.5, 0.6) is 0 Å². The highest BCUT2D eigenvalue weighted by Gasteiger charge is 2.81. The van der Waals surface area contributed by atoms with Gasteiger partial charge in [-0.1, -0.05) is 19.3 Å². The zero-order valence-electron chi connectivity index (χ0n) is 11.8. The first kappa shape index (κ1) is 20.1. The van der Waals surface area contributed by atoms with Crippen molar-refractivity contribution in [2.45, 2.75) is 68.9 Å². The van der Waals surface area contributed by atoms with E-state index < -0.39 is 48.5 Å². The fourth-order valence-corrected chi connectivity index (χ4v) is 2.47. The summed E-state index contributed by atoms with van der Waals surface area (Å²) in [5.41, 5.74) is 0. The summed E-state index contributed by atoms with van der Waals surface area (Å²) < 4.78 is 114. The summed E-state index contributed by atoms with van der Waals surface area (Å²) in [5.74, 6) is -20.6. The second kappa shape index (κ2) is 6.51. The Morgan fingerprint density at radius 1 is 0.783 bits per heavy atom. The van der Waals surface area contributed by atoms with E-state index in [1.807, 2.05) is 0 Å². The van der Waals surface area contributed by atoms with Crippen LogP contribution in [0.25, 0.3) is 0 Å². The van der Waals surface area contributed by atoms with Crippen LogP contribution < -0.4 is 0 Å². The monoisotopic (exact) mass is 358 g/mol. The zero-order chi connectivity index (χ0) is 18.1. The molecule has 0 atom stereocenters. The molecule has 1 saturated carbocycles. The summed E-state index contributed by atoms with van der Waals surface area (Å²) in [5, 5.41) is 0. The Kier molecular flexibility index (Phi) is 5.68. The van der Waals surface area contributed by atoms with E-state index in [0.29, 0.717) is 25.7 Å². The minimum Gasteiger partial charge on any atom is -0.299 e. The maximum Gasteiger partial charge on any atom is 0.460 e. The SMILES string of the molecule is O=C(CCC(F)(F)C(F)(F)C(F)(F)C(F)(F)F)C1CCCCC1. The molecule has 0 aliphatic heterocycles. The molecule has 1 nitrogen and oxygen atoms in total. The molecule has 0 aromatic rings. The molecule has 10 heteroatoms. The van der Waals surface area contributed by atoms with Crippen molar-refractivity contribution in [3.05, 3.63) is 0 Å². The van der Waals surface area contributed by atoms with Crippen LogP contribution in [0.1, 0.15) is 44.9 Å². The predicted octanol–water partition coefficient (Wildman–Crippen LogP) is 5.38. The molecule has 0 radical (unpaired) electrons. The Hall–Kier alpha value is -0.960. The molecular weight excluding hydrogens is 343 g/mol. The Bertz CT molecular complexity index is 422. The van der Waals surface area contributed by atoms with Crippen LogP contribution in [0.3, 0.4) is 0 Å². The second-order valence-corrected chi connectivity index (χ2v) is 5.65. The van der Waals surface area contributed by atoms with Gasteiger partial charge in [0.25, 0.3) is 0 Å². The number of halogens is 9. The third-order valence-corrected chi connectivity index (χ3v) is 3.96. The number of hydrogen-bond donors (Lipinski definition) is 0. The van der Waals surface area contributed by atoms with Crippen molar-refractivity contribution in [1.82, 2.24) is 0 Å². The average molecular weight is 358 g/mol. The second-order valence-electron chi connectivity index (χ2n) is 5.65. The third-order valence-electron chi connectivity index (χ3n) is 3.96. The predicted molar refractivity (Wildman–Crippen MR) is 61.7 cm³/mol. The lowest BCUT2D eigenvalue weighted by Crippen LogP contribution is -2.60. The maximum atomic E-state index is 13.3. The van der Waals surface area contributed by atoms with Gasteiger partial charge in [0.2, 0.25) is 0 Å². The van der Waals surface area contributed by atoms with Crippen LogP contribution in [-0.2, 0) is 4.79 Å². The number of alkyl halides is 9. The number of rotatable bonds is 6. The van der Waals surface area contributed by atoms with E-state index in [-0.39, 0.29) is 0 Å².